The van der Waals surface area contributed by atoms with E-state index >= 15 is 0 Å². The molecule has 2 fully saturated rings. The van der Waals surface area contributed by atoms with Gasteiger partial charge in [0.25, 0.3) is 0 Å². The van der Waals surface area contributed by atoms with Gasteiger partial charge in [-0.05, 0) is 50.4 Å². The molecule has 0 aromatic rings. The Kier molecular flexibility index (Phi) is 2.63. The summed E-state index contributed by atoms with van der Waals surface area (Å²) in [6.07, 6.45) is 4.46. The van der Waals surface area contributed by atoms with Crippen LogP contribution < -0.4 is 0 Å². The maximum absolute atomic E-state index is 2.69. The van der Waals surface area contributed by atoms with E-state index in [4.69, 9.17) is 0 Å². The van der Waals surface area contributed by atoms with E-state index in [9.17, 15) is 0 Å². The lowest BCUT2D eigenvalue weighted by molar-refractivity contribution is 0.257. The summed E-state index contributed by atoms with van der Waals surface area (Å²) in [7, 11) is 0. The van der Waals surface area contributed by atoms with Crippen LogP contribution in [-0.2, 0) is 0 Å². The van der Waals surface area contributed by atoms with E-state index in [1.165, 1.54) is 32.4 Å². The minimum absolute atomic E-state index is 0.754. The predicted molar refractivity (Wildman–Crippen MR) is 61.3 cm³/mol. The first kappa shape index (κ1) is 10.5. The molecule has 1 saturated carbocycles. The van der Waals surface area contributed by atoms with E-state index in [1.54, 1.807) is 0 Å². The highest BCUT2D eigenvalue weighted by atomic mass is 15.2. The quantitative estimate of drug-likeness (QED) is 0.668. The van der Waals surface area contributed by atoms with E-state index in [0.29, 0.717) is 0 Å². The van der Waals surface area contributed by atoms with Gasteiger partial charge < -0.3 is 4.90 Å². The molecule has 0 radical (unpaired) electrons. The summed E-state index contributed by atoms with van der Waals surface area (Å²) in [6, 6.07) is 0.754. The van der Waals surface area contributed by atoms with Crippen LogP contribution in [0.3, 0.4) is 0 Å². The molecule has 0 N–H and O–H groups in total. The number of hydrogen-bond acceptors (Lipinski definition) is 1. The minimum Gasteiger partial charge on any atom is -0.300 e. The highest BCUT2D eigenvalue weighted by Gasteiger charge is 2.54. The fourth-order valence-electron chi connectivity index (χ4n) is 3.09. The smallest absolute Gasteiger partial charge is 0.00439 e. The van der Waals surface area contributed by atoms with E-state index in [1.807, 2.05) is 0 Å². The normalized spacial score (nSPS) is 30.9. The molecule has 1 aliphatic carbocycles. The van der Waals surface area contributed by atoms with Crippen LogP contribution in [0.1, 0.15) is 47.0 Å². The first-order valence-electron chi connectivity index (χ1n) is 6.27. The topological polar surface area (TPSA) is 3.24 Å². The first-order chi connectivity index (χ1) is 6.53. The van der Waals surface area contributed by atoms with Crippen molar-refractivity contribution in [3.05, 3.63) is 0 Å². The van der Waals surface area contributed by atoms with Crippen LogP contribution in [-0.4, -0.2) is 24.0 Å². The van der Waals surface area contributed by atoms with Crippen molar-refractivity contribution in [3.63, 3.8) is 0 Å². The molecule has 0 bridgehead atoms. The Hall–Kier alpha value is -0.0400. The van der Waals surface area contributed by atoms with Crippen molar-refractivity contribution in [3.8, 4) is 0 Å². The average Bonchev–Trinajstić information content (AvgIpc) is 2.72. The molecule has 1 spiro atoms. The molecule has 2 rings (SSSR count). The summed E-state index contributed by atoms with van der Waals surface area (Å²) < 4.78 is 0. The molecule has 2 aliphatic rings. The van der Waals surface area contributed by atoms with Crippen molar-refractivity contribution in [1.29, 1.82) is 0 Å². The summed E-state index contributed by atoms with van der Waals surface area (Å²) >= 11 is 0. The number of rotatable bonds is 3. The molecule has 0 amide bonds. The van der Waals surface area contributed by atoms with Gasteiger partial charge in [0.1, 0.15) is 0 Å². The van der Waals surface area contributed by atoms with Gasteiger partial charge in [-0.1, -0.05) is 13.8 Å². The van der Waals surface area contributed by atoms with Gasteiger partial charge in [0.15, 0.2) is 0 Å². The Morgan fingerprint density at radius 1 is 1.21 bits per heavy atom. The molecule has 0 unspecified atom stereocenters. The van der Waals surface area contributed by atoms with Gasteiger partial charge in [-0.25, -0.2) is 0 Å². The fraction of sp³-hybridized carbons (Fsp3) is 1.00. The van der Waals surface area contributed by atoms with Crippen LogP contribution in [0.15, 0.2) is 0 Å². The highest BCUT2D eigenvalue weighted by Crippen LogP contribution is 2.58. The van der Waals surface area contributed by atoms with Gasteiger partial charge in [-0.2, -0.15) is 0 Å². The second-order valence-electron chi connectivity index (χ2n) is 6.21. The maximum Gasteiger partial charge on any atom is 0.00439 e. The van der Waals surface area contributed by atoms with Gasteiger partial charge in [-0.15, -0.1) is 0 Å². The number of hydrogen-bond donors (Lipinski definition) is 0. The molecular formula is C13H25N. The molecule has 1 aliphatic heterocycles. The molecule has 1 nitrogen and oxygen atoms in total. The van der Waals surface area contributed by atoms with Crippen LogP contribution >= 0.6 is 0 Å². The van der Waals surface area contributed by atoms with Crippen LogP contribution in [0, 0.1) is 17.3 Å². The van der Waals surface area contributed by atoms with Crippen molar-refractivity contribution >= 4 is 0 Å². The van der Waals surface area contributed by atoms with Gasteiger partial charge >= 0.3 is 0 Å². The number of likely N-dealkylation sites (tertiary alicyclic amines) is 1. The minimum atomic E-state index is 0.754. The third-order valence-corrected chi connectivity index (χ3v) is 4.22. The molecular weight excluding hydrogens is 170 g/mol. The number of nitrogens with zero attached hydrogens (tertiary/aromatic N) is 1. The Labute approximate surface area is 88.9 Å². The zero-order valence-electron chi connectivity index (χ0n) is 10.2. The van der Waals surface area contributed by atoms with Gasteiger partial charge in [-0.3, -0.25) is 0 Å². The molecule has 82 valence electrons. The summed E-state index contributed by atoms with van der Waals surface area (Å²) in [4.78, 5) is 2.69. The van der Waals surface area contributed by atoms with Gasteiger partial charge in [0.05, 0.1) is 0 Å². The van der Waals surface area contributed by atoms with E-state index in [-0.39, 0.29) is 0 Å². The van der Waals surface area contributed by atoms with Crippen molar-refractivity contribution < 1.29 is 0 Å². The lowest BCUT2D eigenvalue weighted by Gasteiger charge is -2.20. The SMILES string of the molecule is CC(C)C[C@H]1CN(C(C)C)CC12CC2. The molecule has 1 atom stereocenters. The van der Waals surface area contributed by atoms with E-state index < -0.39 is 0 Å². The fourth-order valence-corrected chi connectivity index (χ4v) is 3.09. The Bertz CT molecular complexity index is 203. The van der Waals surface area contributed by atoms with Crippen LogP contribution in [0.2, 0.25) is 0 Å². The van der Waals surface area contributed by atoms with E-state index in [0.717, 1.165) is 23.3 Å². The molecule has 1 heterocycles. The Balaban J connectivity index is 1.97. The average molecular weight is 195 g/mol. The highest BCUT2D eigenvalue weighted by molar-refractivity contribution is 5.06. The zero-order valence-corrected chi connectivity index (χ0v) is 10.2. The second kappa shape index (κ2) is 3.52. The Morgan fingerprint density at radius 2 is 1.86 bits per heavy atom. The summed E-state index contributed by atoms with van der Waals surface area (Å²) in [5, 5.41) is 0. The largest absolute Gasteiger partial charge is 0.300 e. The molecule has 0 aromatic heterocycles. The van der Waals surface area contributed by atoms with Crippen LogP contribution in [0.5, 0.6) is 0 Å². The molecule has 14 heavy (non-hydrogen) atoms. The van der Waals surface area contributed by atoms with Crippen molar-refractivity contribution in [1.82, 2.24) is 4.90 Å². The van der Waals surface area contributed by atoms with E-state index in [2.05, 4.69) is 32.6 Å². The first-order valence-corrected chi connectivity index (χ1v) is 6.27. The molecule has 1 saturated heterocycles. The predicted octanol–water partition coefficient (Wildman–Crippen LogP) is 3.15. The van der Waals surface area contributed by atoms with Crippen molar-refractivity contribution in [2.24, 2.45) is 17.3 Å². The standard InChI is InChI=1S/C13H25N/c1-10(2)7-12-8-14(11(3)4)9-13(12)5-6-13/h10-12H,5-9H2,1-4H3/t12-/m0/s1. The van der Waals surface area contributed by atoms with Crippen molar-refractivity contribution in [2.45, 2.75) is 53.0 Å². The van der Waals surface area contributed by atoms with Gasteiger partial charge in [0, 0.05) is 19.1 Å². The summed E-state index contributed by atoms with van der Waals surface area (Å²) in [5.41, 5.74) is 0.772. The molecule has 1 heteroatoms. The van der Waals surface area contributed by atoms with Crippen LogP contribution in [0.4, 0.5) is 0 Å². The third-order valence-electron chi connectivity index (χ3n) is 4.22. The monoisotopic (exact) mass is 195 g/mol. The third kappa shape index (κ3) is 1.84. The molecule has 0 aromatic carbocycles. The maximum atomic E-state index is 2.69. The van der Waals surface area contributed by atoms with Crippen molar-refractivity contribution in [2.75, 3.05) is 13.1 Å². The zero-order chi connectivity index (χ0) is 10.3. The second-order valence-corrected chi connectivity index (χ2v) is 6.21. The summed E-state index contributed by atoms with van der Waals surface area (Å²) in [5.74, 6) is 1.88. The van der Waals surface area contributed by atoms with Crippen LogP contribution in [0.25, 0.3) is 0 Å². The lowest BCUT2D eigenvalue weighted by Crippen LogP contribution is -2.28. The lowest BCUT2D eigenvalue weighted by atomic mass is 9.86. The summed E-state index contributed by atoms with van der Waals surface area (Å²) in [6.45, 7) is 12.2. The Morgan fingerprint density at radius 3 is 2.29 bits per heavy atom. The van der Waals surface area contributed by atoms with Gasteiger partial charge in [0.2, 0.25) is 0 Å².